The van der Waals surface area contributed by atoms with Gasteiger partial charge in [-0.05, 0) is 34.7 Å². The van der Waals surface area contributed by atoms with Crippen LogP contribution in [0.2, 0.25) is 5.15 Å². The first-order valence-corrected chi connectivity index (χ1v) is 18.0. The number of halogens is 1. The Balaban J connectivity index is 1.32. The predicted octanol–water partition coefficient (Wildman–Crippen LogP) is 7.21. The van der Waals surface area contributed by atoms with E-state index in [4.69, 9.17) is 41.0 Å². The van der Waals surface area contributed by atoms with E-state index >= 15 is 0 Å². The van der Waals surface area contributed by atoms with E-state index in [1.165, 1.54) is 0 Å². The van der Waals surface area contributed by atoms with Crippen molar-refractivity contribution in [2.45, 2.75) is 70.1 Å². The van der Waals surface area contributed by atoms with Crippen molar-refractivity contribution in [2.75, 3.05) is 12.3 Å². The second-order valence-corrected chi connectivity index (χ2v) is 13.5. The molecule has 6 aromatic rings. The normalized spacial score (nSPS) is 21.8. The summed E-state index contributed by atoms with van der Waals surface area (Å²) in [7, 11) is 0. The average Bonchev–Trinajstić information content (AvgIpc) is 3.46. The van der Waals surface area contributed by atoms with E-state index in [-0.39, 0.29) is 37.5 Å². The van der Waals surface area contributed by atoms with Crippen LogP contribution in [-0.2, 0) is 50.1 Å². The van der Waals surface area contributed by atoms with Crippen molar-refractivity contribution in [1.29, 1.82) is 0 Å². The number of rotatable bonds is 14. The van der Waals surface area contributed by atoms with Gasteiger partial charge in [0.15, 0.2) is 6.23 Å². The van der Waals surface area contributed by atoms with Gasteiger partial charge in [-0.1, -0.05) is 133 Å². The van der Waals surface area contributed by atoms with Crippen molar-refractivity contribution in [3.8, 4) is 0 Å². The molecule has 1 aliphatic rings. The highest BCUT2D eigenvalue weighted by atomic mass is 35.5. The Bertz CT molecular complexity index is 2040. The molecule has 4 aromatic carbocycles. The Kier molecular flexibility index (Phi) is 12.1. The topological polar surface area (TPSA) is 123 Å². The molecule has 1 aliphatic heterocycles. The van der Waals surface area contributed by atoms with Crippen molar-refractivity contribution in [2.24, 2.45) is 0 Å². The third kappa shape index (κ3) is 8.94. The number of anilines is 1. The maximum atomic E-state index is 12.6. The summed E-state index contributed by atoms with van der Waals surface area (Å²) in [5, 5.41) is 13.4. The monoisotopic (exact) mass is 734 g/mol. The number of nitrogens with zero attached hydrogens (tertiary/aromatic N) is 3. The molecule has 10 nitrogen and oxygen atoms in total. The van der Waals surface area contributed by atoms with Gasteiger partial charge in [0, 0.05) is 6.20 Å². The lowest BCUT2D eigenvalue weighted by atomic mass is 9.99. The van der Waals surface area contributed by atoms with Gasteiger partial charge in [0.1, 0.15) is 41.3 Å². The van der Waals surface area contributed by atoms with Crippen LogP contribution < -0.4 is 5.73 Å². The Morgan fingerprint density at radius 1 is 0.679 bits per heavy atom. The zero-order valence-electron chi connectivity index (χ0n) is 29.4. The summed E-state index contributed by atoms with van der Waals surface area (Å²) in [5.74, 6) is -0.00211. The smallest absolute Gasteiger partial charge is 0.223 e. The van der Waals surface area contributed by atoms with Crippen LogP contribution in [0.1, 0.15) is 34.0 Å². The van der Waals surface area contributed by atoms with Gasteiger partial charge in [-0.15, -0.1) is 0 Å². The summed E-state index contributed by atoms with van der Waals surface area (Å²) in [4.78, 5) is 8.73. The number of aliphatic hydroxyl groups excluding tert-OH is 1. The van der Waals surface area contributed by atoms with Gasteiger partial charge < -0.3 is 39.1 Å². The molecule has 6 atom stereocenters. The molecule has 0 bridgehead atoms. The van der Waals surface area contributed by atoms with E-state index in [0.717, 1.165) is 27.8 Å². The third-order valence-corrected chi connectivity index (χ3v) is 9.59. The summed E-state index contributed by atoms with van der Waals surface area (Å²) in [6.45, 7) is 3.05. The number of fused-ring (bicyclic) bond motifs is 1. The van der Waals surface area contributed by atoms with Crippen LogP contribution in [0.25, 0.3) is 11.0 Å². The molecule has 7 rings (SSSR count). The summed E-state index contributed by atoms with van der Waals surface area (Å²) >= 11 is 6.60. The van der Waals surface area contributed by atoms with E-state index in [9.17, 15) is 5.11 Å². The fourth-order valence-corrected chi connectivity index (χ4v) is 7.02. The average molecular weight is 735 g/mol. The van der Waals surface area contributed by atoms with Crippen LogP contribution in [0.3, 0.4) is 0 Å². The molecule has 3 heterocycles. The first kappa shape index (κ1) is 36.7. The molecule has 0 saturated carbocycles. The number of benzene rings is 4. The van der Waals surface area contributed by atoms with Gasteiger partial charge in [-0.25, -0.2) is 4.98 Å². The van der Waals surface area contributed by atoms with Crippen LogP contribution in [0.4, 0.5) is 5.95 Å². The molecule has 1 saturated heterocycles. The van der Waals surface area contributed by atoms with Crippen LogP contribution in [0, 0.1) is 6.92 Å². The molecule has 3 N–H and O–H groups in total. The minimum Gasteiger partial charge on any atom is -0.386 e. The van der Waals surface area contributed by atoms with Gasteiger partial charge in [-0.2, -0.15) is 4.98 Å². The first-order valence-electron chi connectivity index (χ1n) is 17.7. The van der Waals surface area contributed by atoms with Gasteiger partial charge >= 0.3 is 0 Å². The molecule has 11 heteroatoms. The molecule has 1 fully saturated rings. The van der Waals surface area contributed by atoms with Crippen molar-refractivity contribution in [3.63, 3.8) is 0 Å². The van der Waals surface area contributed by atoms with Gasteiger partial charge in [0.2, 0.25) is 5.95 Å². The molecular weight excluding hydrogens is 692 g/mol. The third-order valence-electron chi connectivity index (χ3n) is 9.32. The van der Waals surface area contributed by atoms with E-state index in [2.05, 4.69) is 9.97 Å². The van der Waals surface area contributed by atoms with Crippen LogP contribution in [0.5, 0.6) is 0 Å². The van der Waals surface area contributed by atoms with Gasteiger partial charge in [0.25, 0.3) is 0 Å². The molecular formula is C42H43ClN4O6. The largest absolute Gasteiger partial charge is 0.386 e. The van der Waals surface area contributed by atoms with Gasteiger partial charge in [-0.3, -0.25) is 0 Å². The number of aryl methyl sites for hydroxylation is 1. The van der Waals surface area contributed by atoms with Crippen molar-refractivity contribution < 1.29 is 28.8 Å². The van der Waals surface area contributed by atoms with Crippen LogP contribution in [-0.4, -0.2) is 56.8 Å². The highest BCUT2D eigenvalue weighted by molar-refractivity contribution is 6.34. The molecule has 0 amide bonds. The van der Waals surface area contributed by atoms with E-state index in [1.54, 1.807) is 4.57 Å². The maximum absolute atomic E-state index is 12.6. The second-order valence-electron chi connectivity index (χ2n) is 13.1. The number of nitrogens with two attached hydrogens (primary N) is 1. The van der Waals surface area contributed by atoms with Crippen LogP contribution in [0.15, 0.2) is 128 Å². The Morgan fingerprint density at radius 3 is 1.68 bits per heavy atom. The highest BCUT2D eigenvalue weighted by Crippen LogP contribution is 2.37. The minimum absolute atomic E-state index is 0.00211. The lowest BCUT2D eigenvalue weighted by Gasteiger charge is -2.35. The highest BCUT2D eigenvalue weighted by Gasteiger charge is 2.49. The molecule has 274 valence electrons. The minimum atomic E-state index is -1.29. The van der Waals surface area contributed by atoms with Crippen molar-refractivity contribution in [1.82, 2.24) is 14.5 Å². The number of hydrogen-bond acceptors (Lipinski definition) is 9. The molecule has 53 heavy (non-hydrogen) atoms. The zero-order valence-corrected chi connectivity index (χ0v) is 30.2. The quantitative estimate of drug-likeness (QED) is 0.112. The van der Waals surface area contributed by atoms with Crippen molar-refractivity contribution in [3.05, 3.63) is 160 Å². The number of aromatic nitrogens is 3. The number of aliphatic hydroxyl groups is 1. The van der Waals surface area contributed by atoms with Crippen LogP contribution >= 0.6 is 11.6 Å². The summed E-state index contributed by atoms with van der Waals surface area (Å²) in [5.41, 5.74) is 11.2. The van der Waals surface area contributed by atoms with E-state index in [0.29, 0.717) is 17.6 Å². The lowest BCUT2D eigenvalue weighted by molar-refractivity contribution is -0.185. The Labute approximate surface area is 314 Å². The maximum Gasteiger partial charge on any atom is 0.223 e. The van der Waals surface area contributed by atoms with E-state index < -0.39 is 36.7 Å². The fraction of sp³-hybridized carbons (Fsp3) is 0.286. The Morgan fingerprint density at radius 2 is 1.15 bits per heavy atom. The molecule has 0 aliphatic carbocycles. The molecule has 0 unspecified atom stereocenters. The number of hydrogen-bond donors (Lipinski definition) is 2. The van der Waals surface area contributed by atoms with Crippen molar-refractivity contribution >= 4 is 28.6 Å². The Hall–Kier alpha value is -4.65. The lowest BCUT2D eigenvalue weighted by Crippen LogP contribution is -2.51. The summed E-state index contributed by atoms with van der Waals surface area (Å²) in [6, 6.07) is 39.5. The molecule has 0 spiro atoms. The predicted molar refractivity (Wildman–Crippen MR) is 203 cm³/mol. The molecule has 0 radical (unpaired) electrons. The first-order chi connectivity index (χ1) is 25.9. The SMILES string of the molecule is Cc1cn([C@@H]2O[C@H](COCc3ccccc3)[C@@H](OCc3ccccc3)[C@H](OCc3ccccc3)[C@@H](OCc3ccccc3)[C@H]2O)c2nc(N)nc(Cl)c12. The van der Waals surface area contributed by atoms with E-state index in [1.807, 2.05) is 134 Å². The fourth-order valence-electron chi connectivity index (χ4n) is 6.70. The van der Waals surface area contributed by atoms with Gasteiger partial charge in [0.05, 0.1) is 38.4 Å². The number of ether oxygens (including phenoxy) is 5. The second kappa shape index (κ2) is 17.5. The zero-order chi connectivity index (χ0) is 36.6. The summed E-state index contributed by atoms with van der Waals surface area (Å²) in [6.07, 6.45) is -3.78. The standard InChI is InChI=1S/C42H43ClN4O6/c1-28-22-47(40-34(28)39(43)45-42(44)46-40)41-35(48)37(51-25-31-18-10-4-11-19-31)38(52-26-32-20-12-5-13-21-32)36(50-24-30-16-8-3-9-17-30)33(53-41)27-49-23-29-14-6-2-7-15-29/h2-22,33,35-38,41,48H,23-27H2,1H3,(H2,44,45,46)/t33-,35-,36-,37+,38+,41-/m1/s1. The summed E-state index contributed by atoms with van der Waals surface area (Å²) < 4.78 is 35.4. The molecule has 2 aromatic heterocycles. The number of nitrogen functional groups attached to an aromatic ring is 1.